The molecule has 7 heteroatoms. The van der Waals surface area contributed by atoms with E-state index in [-0.39, 0.29) is 17.9 Å². The summed E-state index contributed by atoms with van der Waals surface area (Å²) >= 11 is 0. The summed E-state index contributed by atoms with van der Waals surface area (Å²) in [5, 5.41) is 3.40. The van der Waals surface area contributed by atoms with Crippen LogP contribution in [0, 0.1) is 6.92 Å². The molecule has 34 heavy (non-hydrogen) atoms. The number of nitrogens with zero attached hydrogens (tertiary/aromatic N) is 3. The molecule has 1 fully saturated rings. The summed E-state index contributed by atoms with van der Waals surface area (Å²) in [6, 6.07) is 19.0. The Labute approximate surface area is 200 Å². The van der Waals surface area contributed by atoms with Crippen molar-refractivity contribution in [1.82, 2.24) is 14.8 Å². The summed E-state index contributed by atoms with van der Waals surface area (Å²) in [6.45, 7) is 5.60. The molecule has 3 aromatic rings. The number of pyridine rings is 1. The first-order valence-corrected chi connectivity index (χ1v) is 11.4. The Balaban J connectivity index is 1.52. The van der Waals surface area contributed by atoms with Crippen LogP contribution in [0.2, 0.25) is 0 Å². The van der Waals surface area contributed by atoms with Gasteiger partial charge < -0.3 is 19.9 Å². The first kappa shape index (κ1) is 23.3. The van der Waals surface area contributed by atoms with Crippen LogP contribution in [0.1, 0.15) is 40.1 Å². The molecule has 2 aromatic carbocycles. The Morgan fingerprint density at radius 1 is 1.09 bits per heavy atom. The lowest BCUT2D eigenvalue weighted by Gasteiger charge is -2.41. The van der Waals surface area contributed by atoms with Crippen LogP contribution in [-0.2, 0) is 11.3 Å². The number of carbonyl (C=O) groups is 2. The Morgan fingerprint density at radius 2 is 1.88 bits per heavy atom. The maximum Gasteiger partial charge on any atom is 0.254 e. The largest absolute Gasteiger partial charge is 0.497 e. The normalized spacial score (nSPS) is 15.7. The van der Waals surface area contributed by atoms with Crippen molar-refractivity contribution in [3.8, 4) is 5.75 Å². The third-order valence-electron chi connectivity index (χ3n) is 6.24. The van der Waals surface area contributed by atoms with E-state index < -0.39 is 0 Å². The monoisotopic (exact) mass is 458 g/mol. The predicted octanol–water partition coefficient (Wildman–Crippen LogP) is 4.06. The minimum absolute atomic E-state index is 0.00395. The van der Waals surface area contributed by atoms with Crippen LogP contribution < -0.4 is 10.1 Å². The minimum Gasteiger partial charge on any atom is -0.497 e. The van der Waals surface area contributed by atoms with Crippen LogP contribution in [-0.4, -0.2) is 53.3 Å². The second kappa shape index (κ2) is 10.4. The summed E-state index contributed by atoms with van der Waals surface area (Å²) in [5.74, 6) is 0.721. The van der Waals surface area contributed by atoms with E-state index in [1.54, 1.807) is 20.2 Å². The Hall–Kier alpha value is -3.87. The highest BCUT2D eigenvalue weighted by Crippen LogP contribution is 2.28. The SMILES string of the molecule is COc1ccc([C@@H]2CN(C(=O)c3ccc(C)c(NCc4ccccn4)c3)CCN2C(C)=O)cc1. The van der Waals surface area contributed by atoms with Crippen molar-refractivity contribution in [3.63, 3.8) is 0 Å². The Morgan fingerprint density at radius 3 is 2.56 bits per heavy atom. The van der Waals surface area contributed by atoms with E-state index >= 15 is 0 Å². The number of aryl methyl sites for hydroxylation is 1. The summed E-state index contributed by atoms with van der Waals surface area (Å²) in [4.78, 5) is 33.8. The second-order valence-electron chi connectivity index (χ2n) is 8.46. The van der Waals surface area contributed by atoms with Crippen LogP contribution in [0.3, 0.4) is 0 Å². The Kier molecular flexibility index (Phi) is 7.11. The number of carbonyl (C=O) groups excluding carboxylic acids is 2. The third-order valence-corrected chi connectivity index (χ3v) is 6.24. The van der Waals surface area contributed by atoms with Crippen molar-refractivity contribution in [3.05, 3.63) is 89.2 Å². The van der Waals surface area contributed by atoms with Gasteiger partial charge in [-0.15, -0.1) is 0 Å². The average Bonchev–Trinajstić information content (AvgIpc) is 2.88. The highest BCUT2D eigenvalue weighted by Gasteiger charge is 2.32. The van der Waals surface area contributed by atoms with Crippen LogP contribution in [0.4, 0.5) is 5.69 Å². The molecule has 1 aliphatic heterocycles. The van der Waals surface area contributed by atoms with Gasteiger partial charge in [-0.25, -0.2) is 0 Å². The molecule has 1 N–H and O–H groups in total. The van der Waals surface area contributed by atoms with E-state index in [4.69, 9.17) is 4.74 Å². The molecule has 1 atom stereocenters. The molecular formula is C27H30N4O3. The number of anilines is 1. The number of nitrogens with one attached hydrogen (secondary N) is 1. The molecule has 0 aliphatic carbocycles. The fourth-order valence-electron chi connectivity index (χ4n) is 4.27. The van der Waals surface area contributed by atoms with Crippen molar-refractivity contribution in [2.45, 2.75) is 26.4 Å². The number of rotatable bonds is 6. The van der Waals surface area contributed by atoms with Gasteiger partial charge in [0.1, 0.15) is 5.75 Å². The number of piperazine rings is 1. The first-order valence-electron chi connectivity index (χ1n) is 11.4. The molecule has 0 spiro atoms. The number of hydrogen-bond donors (Lipinski definition) is 1. The molecule has 0 saturated carbocycles. The number of ether oxygens (including phenoxy) is 1. The van der Waals surface area contributed by atoms with Gasteiger partial charge >= 0.3 is 0 Å². The second-order valence-corrected chi connectivity index (χ2v) is 8.46. The van der Waals surface area contributed by atoms with Gasteiger partial charge in [0.2, 0.25) is 5.91 Å². The maximum atomic E-state index is 13.5. The quantitative estimate of drug-likeness (QED) is 0.603. The van der Waals surface area contributed by atoms with Crippen molar-refractivity contribution in [1.29, 1.82) is 0 Å². The zero-order valence-corrected chi connectivity index (χ0v) is 19.8. The molecule has 0 radical (unpaired) electrons. The summed E-state index contributed by atoms with van der Waals surface area (Å²) < 4.78 is 5.26. The van der Waals surface area contributed by atoms with Crippen LogP contribution in [0.15, 0.2) is 66.9 Å². The third kappa shape index (κ3) is 5.20. The molecule has 1 aromatic heterocycles. The number of amides is 2. The van der Waals surface area contributed by atoms with Crippen molar-refractivity contribution < 1.29 is 14.3 Å². The molecular weight excluding hydrogens is 428 g/mol. The topological polar surface area (TPSA) is 74.8 Å². The van der Waals surface area contributed by atoms with Crippen LogP contribution >= 0.6 is 0 Å². The molecule has 1 saturated heterocycles. The maximum absolute atomic E-state index is 13.5. The fourth-order valence-corrected chi connectivity index (χ4v) is 4.27. The average molecular weight is 459 g/mol. The fraction of sp³-hybridized carbons (Fsp3) is 0.296. The van der Waals surface area contributed by atoms with Crippen molar-refractivity contribution in [2.75, 3.05) is 32.1 Å². The zero-order chi connectivity index (χ0) is 24.1. The highest BCUT2D eigenvalue weighted by molar-refractivity contribution is 5.95. The van der Waals surface area contributed by atoms with Gasteiger partial charge in [0, 0.05) is 44.0 Å². The van der Waals surface area contributed by atoms with Crippen LogP contribution in [0.25, 0.3) is 0 Å². The van der Waals surface area contributed by atoms with Gasteiger partial charge in [-0.3, -0.25) is 14.6 Å². The van der Waals surface area contributed by atoms with E-state index in [1.165, 1.54) is 0 Å². The van der Waals surface area contributed by atoms with Gasteiger partial charge in [0.15, 0.2) is 0 Å². The number of benzene rings is 2. The molecule has 2 amide bonds. The van der Waals surface area contributed by atoms with E-state index in [0.717, 1.165) is 28.3 Å². The minimum atomic E-state index is -0.201. The summed E-state index contributed by atoms with van der Waals surface area (Å²) in [7, 11) is 1.62. The lowest BCUT2D eigenvalue weighted by Crippen LogP contribution is -2.51. The zero-order valence-electron chi connectivity index (χ0n) is 19.8. The number of hydrogen-bond acceptors (Lipinski definition) is 5. The molecule has 2 heterocycles. The van der Waals surface area contributed by atoms with E-state index in [0.29, 0.717) is 31.7 Å². The summed E-state index contributed by atoms with van der Waals surface area (Å²) in [6.07, 6.45) is 1.77. The van der Waals surface area contributed by atoms with Crippen molar-refractivity contribution in [2.24, 2.45) is 0 Å². The first-order chi connectivity index (χ1) is 16.5. The van der Waals surface area contributed by atoms with Gasteiger partial charge in [0.05, 0.1) is 25.4 Å². The van der Waals surface area contributed by atoms with Gasteiger partial charge in [-0.2, -0.15) is 0 Å². The smallest absolute Gasteiger partial charge is 0.254 e. The van der Waals surface area contributed by atoms with E-state index in [2.05, 4.69) is 10.3 Å². The number of aromatic nitrogens is 1. The Bertz CT molecular complexity index is 1150. The van der Waals surface area contributed by atoms with Crippen LogP contribution in [0.5, 0.6) is 5.75 Å². The lowest BCUT2D eigenvalue weighted by molar-refractivity contribution is -0.133. The van der Waals surface area contributed by atoms with E-state index in [1.807, 2.05) is 77.4 Å². The molecule has 1 aliphatic rings. The van der Waals surface area contributed by atoms with E-state index in [9.17, 15) is 9.59 Å². The molecule has 4 rings (SSSR count). The molecule has 0 unspecified atom stereocenters. The standard InChI is InChI=1S/C27H30N4O3/c1-19-7-8-22(16-25(19)29-17-23-6-4-5-13-28-23)27(33)30-14-15-31(20(2)32)26(18-30)21-9-11-24(34-3)12-10-21/h4-13,16,26,29H,14-15,17-18H2,1-3H3/t26-/m0/s1. The van der Waals surface area contributed by atoms with Gasteiger partial charge in [0.25, 0.3) is 5.91 Å². The molecule has 7 nitrogen and oxygen atoms in total. The molecule has 176 valence electrons. The van der Waals surface area contributed by atoms with Gasteiger partial charge in [-0.05, 0) is 54.4 Å². The predicted molar refractivity (Wildman–Crippen MR) is 132 cm³/mol. The lowest BCUT2D eigenvalue weighted by atomic mass is 10.0. The molecule has 0 bridgehead atoms. The van der Waals surface area contributed by atoms with Gasteiger partial charge in [-0.1, -0.05) is 24.3 Å². The summed E-state index contributed by atoms with van der Waals surface area (Å²) in [5.41, 5.74) is 4.51. The van der Waals surface area contributed by atoms with Crippen molar-refractivity contribution >= 4 is 17.5 Å². The number of methoxy groups -OCH3 is 1. The highest BCUT2D eigenvalue weighted by atomic mass is 16.5.